The standard InChI is InChI=1S/C18H23NO2/c1-18-9-7-15-14-4-3-13(21-2)11-12(14)8-10-19(15)16(18)5-6-17(18)20/h3-4,11,15-16H,5-10H2,1-2H3/t15-,16-,18-/m0/s1. The zero-order valence-electron chi connectivity index (χ0n) is 12.9. The molecule has 112 valence electrons. The smallest absolute Gasteiger partial charge is 0.140 e. The van der Waals surface area contributed by atoms with Gasteiger partial charge in [0.2, 0.25) is 0 Å². The normalized spacial score (nSPS) is 35.0. The van der Waals surface area contributed by atoms with Gasteiger partial charge < -0.3 is 4.74 Å². The van der Waals surface area contributed by atoms with Crippen molar-refractivity contribution < 1.29 is 9.53 Å². The monoisotopic (exact) mass is 285 g/mol. The van der Waals surface area contributed by atoms with Crippen molar-refractivity contribution in [3.8, 4) is 5.75 Å². The lowest BCUT2D eigenvalue weighted by atomic mass is 9.71. The van der Waals surface area contributed by atoms with E-state index in [1.165, 1.54) is 11.1 Å². The first kappa shape index (κ1) is 13.3. The fourth-order valence-corrected chi connectivity index (χ4v) is 4.86. The summed E-state index contributed by atoms with van der Waals surface area (Å²) in [6, 6.07) is 7.48. The number of Topliss-reactive ketones (excluding diaryl/α,β-unsaturated/α-hetero) is 1. The Kier molecular flexibility index (Phi) is 2.90. The Bertz CT molecular complexity index is 597. The van der Waals surface area contributed by atoms with Gasteiger partial charge in [-0.05, 0) is 48.9 Å². The summed E-state index contributed by atoms with van der Waals surface area (Å²) < 4.78 is 5.36. The SMILES string of the molecule is COc1ccc2c(c1)CCN1[C@H]3CCC(=O)[C@@]3(C)CC[C@@H]21. The third-order valence-electron chi connectivity index (χ3n) is 6.10. The Morgan fingerprint density at radius 3 is 2.95 bits per heavy atom. The predicted octanol–water partition coefficient (Wildman–Crippen LogP) is 3.13. The van der Waals surface area contributed by atoms with Crippen LogP contribution < -0.4 is 4.74 Å². The molecule has 2 fully saturated rings. The Morgan fingerprint density at radius 2 is 2.14 bits per heavy atom. The molecule has 3 aliphatic rings. The van der Waals surface area contributed by atoms with Crippen molar-refractivity contribution in [3.63, 3.8) is 0 Å². The minimum absolute atomic E-state index is 0.0829. The Labute approximate surface area is 126 Å². The van der Waals surface area contributed by atoms with E-state index in [9.17, 15) is 4.79 Å². The van der Waals surface area contributed by atoms with Gasteiger partial charge in [0.1, 0.15) is 11.5 Å². The van der Waals surface area contributed by atoms with Crippen molar-refractivity contribution in [1.29, 1.82) is 0 Å². The molecule has 3 heteroatoms. The molecule has 21 heavy (non-hydrogen) atoms. The number of carbonyl (C=O) groups is 1. The molecule has 1 saturated carbocycles. The zero-order chi connectivity index (χ0) is 14.6. The second-order valence-electron chi connectivity index (χ2n) is 7.00. The summed E-state index contributed by atoms with van der Waals surface area (Å²) in [4.78, 5) is 14.9. The molecule has 0 amide bonds. The van der Waals surface area contributed by atoms with Crippen LogP contribution in [0.5, 0.6) is 5.75 Å². The van der Waals surface area contributed by atoms with E-state index in [0.717, 1.165) is 44.4 Å². The lowest BCUT2D eigenvalue weighted by Crippen LogP contribution is -2.53. The van der Waals surface area contributed by atoms with Crippen molar-refractivity contribution in [2.75, 3.05) is 13.7 Å². The predicted molar refractivity (Wildman–Crippen MR) is 81.5 cm³/mol. The first-order valence-corrected chi connectivity index (χ1v) is 8.09. The lowest BCUT2D eigenvalue weighted by Gasteiger charge is -2.51. The third kappa shape index (κ3) is 1.80. The number of hydrogen-bond donors (Lipinski definition) is 0. The molecular weight excluding hydrogens is 262 g/mol. The van der Waals surface area contributed by atoms with E-state index in [-0.39, 0.29) is 5.41 Å². The second-order valence-corrected chi connectivity index (χ2v) is 7.00. The third-order valence-corrected chi connectivity index (χ3v) is 6.10. The number of nitrogens with zero attached hydrogens (tertiary/aromatic N) is 1. The fraction of sp³-hybridized carbons (Fsp3) is 0.611. The lowest BCUT2D eigenvalue weighted by molar-refractivity contribution is -0.130. The maximum Gasteiger partial charge on any atom is 0.140 e. The molecule has 1 aliphatic carbocycles. The molecule has 2 aliphatic heterocycles. The number of ether oxygens (including phenoxy) is 1. The van der Waals surface area contributed by atoms with Gasteiger partial charge in [0, 0.05) is 30.5 Å². The number of ketones is 1. The molecule has 2 heterocycles. The van der Waals surface area contributed by atoms with Gasteiger partial charge in [-0.2, -0.15) is 0 Å². The summed E-state index contributed by atoms with van der Waals surface area (Å²) in [5.41, 5.74) is 2.81. The zero-order valence-corrected chi connectivity index (χ0v) is 12.9. The van der Waals surface area contributed by atoms with Crippen molar-refractivity contribution in [2.24, 2.45) is 5.41 Å². The first-order valence-electron chi connectivity index (χ1n) is 8.09. The summed E-state index contributed by atoms with van der Waals surface area (Å²) >= 11 is 0. The summed E-state index contributed by atoms with van der Waals surface area (Å²) in [7, 11) is 1.73. The summed E-state index contributed by atoms with van der Waals surface area (Å²) in [6.07, 6.45) is 5.06. The highest BCUT2D eigenvalue weighted by Crippen LogP contribution is 2.52. The highest BCUT2D eigenvalue weighted by atomic mass is 16.5. The molecule has 4 rings (SSSR count). The largest absolute Gasteiger partial charge is 0.497 e. The van der Waals surface area contributed by atoms with Gasteiger partial charge >= 0.3 is 0 Å². The van der Waals surface area contributed by atoms with Crippen LogP contribution in [0.15, 0.2) is 18.2 Å². The van der Waals surface area contributed by atoms with Crippen LogP contribution in [0, 0.1) is 5.41 Å². The average Bonchev–Trinajstić information content (AvgIpc) is 2.82. The van der Waals surface area contributed by atoms with Crippen LogP contribution in [-0.4, -0.2) is 30.4 Å². The van der Waals surface area contributed by atoms with Gasteiger partial charge in [-0.25, -0.2) is 0 Å². The van der Waals surface area contributed by atoms with E-state index in [2.05, 4.69) is 30.0 Å². The van der Waals surface area contributed by atoms with E-state index in [1.807, 2.05) is 0 Å². The van der Waals surface area contributed by atoms with Gasteiger partial charge in [-0.15, -0.1) is 0 Å². The molecule has 0 aromatic heterocycles. The summed E-state index contributed by atoms with van der Waals surface area (Å²) in [5, 5.41) is 0. The highest BCUT2D eigenvalue weighted by molar-refractivity contribution is 5.87. The number of fused-ring (bicyclic) bond motifs is 5. The van der Waals surface area contributed by atoms with Gasteiger partial charge in [0.25, 0.3) is 0 Å². The minimum Gasteiger partial charge on any atom is -0.497 e. The number of benzene rings is 1. The highest BCUT2D eigenvalue weighted by Gasteiger charge is 2.53. The molecule has 0 spiro atoms. The van der Waals surface area contributed by atoms with E-state index in [4.69, 9.17) is 4.74 Å². The van der Waals surface area contributed by atoms with Crippen LogP contribution >= 0.6 is 0 Å². The number of carbonyl (C=O) groups excluding carboxylic acids is 1. The van der Waals surface area contributed by atoms with E-state index in [1.54, 1.807) is 7.11 Å². The van der Waals surface area contributed by atoms with Crippen LogP contribution in [0.1, 0.15) is 49.8 Å². The average molecular weight is 285 g/mol. The van der Waals surface area contributed by atoms with Gasteiger partial charge in [-0.3, -0.25) is 9.69 Å². The molecule has 0 bridgehead atoms. The summed E-state index contributed by atoms with van der Waals surface area (Å²) in [6.45, 7) is 3.28. The Morgan fingerprint density at radius 1 is 1.29 bits per heavy atom. The maximum absolute atomic E-state index is 12.3. The Balaban J connectivity index is 1.70. The molecule has 1 saturated heterocycles. The van der Waals surface area contributed by atoms with Gasteiger partial charge in [0.15, 0.2) is 0 Å². The van der Waals surface area contributed by atoms with Crippen LogP contribution in [0.2, 0.25) is 0 Å². The number of hydrogen-bond acceptors (Lipinski definition) is 3. The molecule has 0 unspecified atom stereocenters. The van der Waals surface area contributed by atoms with Crippen LogP contribution in [0.25, 0.3) is 0 Å². The molecule has 0 radical (unpaired) electrons. The number of methoxy groups -OCH3 is 1. The van der Waals surface area contributed by atoms with E-state index in [0.29, 0.717) is 17.9 Å². The van der Waals surface area contributed by atoms with Crippen LogP contribution in [-0.2, 0) is 11.2 Å². The van der Waals surface area contributed by atoms with E-state index < -0.39 is 0 Å². The topological polar surface area (TPSA) is 29.5 Å². The minimum atomic E-state index is -0.0829. The van der Waals surface area contributed by atoms with Gasteiger partial charge in [-0.1, -0.05) is 13.0 Å². The van der Waals surface area contributed by atoms with Crippen molar-refractivity contribution in [1.82, 2.24) is 4.90 Å². The molecule has 0 N–H and O–H groups in total. The summed E-state index contributed by atoms with van der Waals surface area (Å²) in [5.74, 6) is 1.45. The number of rotatable bonds is 1. The Hall–Kier alpha value is -1.35. The first-order chi connectivity index (χ1) is 10.1. The molecule has 1 aromatic rings. The van der Waals surface area contributed by atoms with Crippen molar-refractivity contribution in [2.45, 2.75) is 51.1 Å². The molecule has 3 nitrogen and oxygen atoms in total. The quantitative estimate of drug-likeness (QED) is 0.794. The fourth-order valence-electron chi connectivity index (χ4n) is 4.86. The molecule has 3 atom stereocenters. The molecule has 1 aromatic carbocycles. The number of piperidine rings is 1. The van der Waals surface area contributed by atoms with Crippen LogP contribution in [0.3, 0.4) is 0 Å². The van der Waals surface area contributed by atoms with Gasteiger partial charge in [0.05, 0.1) is 7.11 Å². The van der Waals surface area contributed by atoms with E-state index >= 15 is 0 Å². The van der Waals surface area contributed by atoms with Crippen molar-refractivity contribution in [3.05, 3.63) is 29.3 Å². The molecular formula is C18H23NO2. The second kappa shape index (κ2) is 4.57. The maximum atomic E-state index is 12.3. The van der Waals surface area contributed by atoms with Crippen molar-refractivity contribution >= 4 is 5.78 Å². The van der Waals surface area contributed by atoms with Crippen LogP contribution in [0.4, 0.5) is 0 Å².